The maximum atomic E-state index is 11.2. The molecule has 0 aliphatic heterocycles. The summed E-state index contributed by atoms with van der Waals surface area (Å²) in [4.78, 5) is 0.128. The van der Waals surface area contributed by atoms with Crippen molar-refractivity contribution in [1.29, 1.82) is 0 Å². The van der Waals surface area contributed by atoms with Crippen LogP contribution in [-0.2, 0) is 10.0 Å². The highest BCUT2D eigenvalue weighted by atomic mass is 32.2. The van der Waals surface area contributed by atoms with E-state index in [1.54, 1.807) is 19.2 Å². The van der Waals surface area contributed by atoms with Gasteiger partial charge in [0.25, 0.3) is 0 Å². The summed E-state index contributed by atoms with van der Waals surface area (Å²) in [5.41, 5.74) is 0.872. The van der Waals surface area contributed by atoms with Crippen molar-refractivity contribution in [3.63, 3.8) is 0 Å². The smallest absolute Gasteiger partial charge is 0.238 e. The third-order valence-electron chi connectivity index (χ3n) is 2.67. The van der Waals surface area contributed by atoms with Gasteiger partial charge in [-0.05, 0) is 36.1 Å². The van der Waals surface area contributed by atoms with Gasteiger partial charge in [-0.2, -0.15) is 0 Å². The molecule has 2 N–H and O–H groups in total. The van der Waals surface area contributed by atoms with Gasteiger partial charge in [-0.1, -0.05) is 13.8 Å². The summed E-state index contributed by atoms with van der Waals surface area (Å²) >= 11 is 0. The number of rotatable bonds is 4. The Morgan fingerprint density at radius 3 is 2.50 bits per heavy atom. The molecular weight excluding hydrogens is 226 g/mol. The van der Waals surface area contributed by atoms with E-state index in [1.807, 2.05) is 13.8 Å². The molecule has 0 aliphatic carbocycles. The largest absolute Gasteiger partial charge is 0.496 e. The molecule has 0 heterocycles. The minimum absolute atomic E-state index is 0.128. The van der Waals surface area contributed by atoms with Crippen LogP contribution in [0.1, 0.15) is 31.7 Å². The number of primary sulfonamides is 1. The van der Waals surface area contributed by atoms with Crippen molar-refractivity contribution in [1.82, 2.24) is 0 Å². The number of sulfonamides is 1. The van der Waals surface area contributed by atoms with Crippen LogP contribution in [-0.4, -0.2) is 15.5 Å². The van der Waals surface area contributed by atoms with Crippen molar-refractivity contribution < 1.29 is 13.2 Å². The molecule has 0 radical (unpaired) electrons. The van der Waals surface area contributed by atoms with Gasteiger partial charge in [0, 0.05) is 0 Å². The number of methoxy groups -OCH3 is 1. The van der Waals surface area contributed by atoms with Crippen LogP contribution >= 0.6 is 0 Å². The predicted octanol–water partition coefficient (Wildman–Crippen LogP) is 1.86. The zero-order valence-electron chi connectivity index (χ0n) is 9.73. The van der Waals surface area contributed by atoms with Gasteiger partial charge in [0.1, 0.15) is 5.75 Å². The van der Waals surface area contributed by atoms with Crippen molar-refractivity contribution in [2.24, 2.45) is 5.14 Å². The Kier molecular flexibility index (Phi) is 3.93. The molecule has 5 heteroatoms. The highest BCUT2D eigenvalue weighted by molar-refractivity contribution is 7.89. The van der Waals surface area contributed by atoms with Gasteiger partial charge in [-0.15, -0.1) is 0 Å². The third-order valence-corrected chi connectivity index (χ3v) is 3.58. The Balaban J connectivity index is 3.32. The summed E-state index contributed by atoms with van der Waals surface area (Å²) in [7, 11) is -2.08. The molecule has 0 saturated carbocycles. The number of benzene rings is 1. The van der Waals surface area contributed by atoms with Crippen LogP contribution in [0.5, 0.6) is 5.75 Å². The van der Waals surface area contributed by atoms with E-state index in [-0.39, 0.29) is 10.8 Å². The first-order chi connectivity index (χ1) is 7.40. The Hall–Kier alpha value is -1.07. The van der Waals surface area contributed by atoms with Gasteiger partial charge >= 0.3 is 0 Å². The molecule has 90 valence electrons. The number of nitrogens with two attached hydrogens (primary N) is 1. The standard InChI is InChI=1S/C11H17NO3S/c1-4-8(2)10-7-9(16(12,13)14)5-6-11(10)15-3/h5-8H,4H2,1-3H3,(H2,12,13,14). The number of ether oxygens (including phenoxy) is 1. The maximum absolute atomic E-state index is 11.2. The highest BCUT2D eigenvalue weighted by Gasteiger charge is 2.15. The van der Waals surface area contributed by atoms with Gasteiger partial charge < -0.3 is 4.74 Å². The quantitative estimate of drug-likeness (QED) is 0.877. The molecule has 16 heavy (non-hydrogen) atoms. The van der Waals surface area contributed by atoms with Gasteiger partial charge in [0.2, 0.25) is 10.0 Å². The molecular formula is C11H17NO3S. The lowest BCUT2D eigenvalue weighted by atomic mass is 9.98. The first-order valence-electron chi connectivity index (χ1n) is 5.10. The maximum Gasteiger partial charge on any atom is 0.238 e. The third kappa shape index (κ3) is 2.74. The van der Waals surface area contributed by atoms with E-state index in [9.17, 15) is 8.42 Å². The molecule has 0 saturated heterocycles. The van der Waals surface area contributed by atoms with Crippen molar-refractivity contribution in [3.8, 4) is 5.75 Å². The number of hydrogen-bond acceptors (Lipinski definition) is 3. The summed E-state index contributed by atoms with van der Waals surface area (Å²) in [5.74, 6) is 0.929. The minimum atomic E-state index is -3.65. The molecule has 0 bridgehead atoms. The predicted molar refractivity (Wildman–Crippen MR) is 63.1 cm³/mol. The number of hydrogen-bond donors (Lipinski definition) is 1. The molecule has 1 rings (SSSR count). The van der Waals surface area contributed by atoms with Crippen LogP contribution in [0.2, 0.25) is 0 Å². The molecule has 0 amide bonds. The summed E-state index contributed by atoms with van der Waals surface area (Å²) in [5, 5.41) is 5.09. The van der Waals surface area contributed by atoms with E-state index in [0.717, 1.165) is 12.0 Å². The molecule has 1 aromatic carbocycles. The fourth-order valence-electron chi connectivity index (χ4n) is 1.49. The van der Waals surface area contributed by atoms with Gasteiger partial charge in [-0.3, -0.25) is 0 Å². The second kappa shape index (κ2) is 4.84. The van der Waals surface area contributed by atoms with Crippen LogP contribution < -0.4 is 9.88 Å². The van der Waals surface area contributed by atoms with Crippen molar-refractivity contribution in [3.05, 3.63) is 23.8 Å². The monoisotopic (exact) mass is 243 g/mol. The molecule has 4 nitrogen and oxygen atoms in total. The van der Waals surface area contributed by atoms with E-state index in [2.05, 4.69) is 0 Å². The lowest BCUT2D eigenvalue weighted by molar-refractivity contribution is 0.405. The van der Waals surface area contributed by atoms with Gasteiger partial charge in [0.05, 0.1) is 12.0 Å². The fourth-order valence-corrected chi connectivity index (χ4v) is 2.04. The van der Waals surface area contributed by atoms with E-state index >= 15 is 0 Å². The molecule has 1 atom stereocenters. The first kappa shape index (κ1) is 13.0. The lowest BCUT2D eigenvalue weighted by Crippen LogP contribution is -2.13. The SMILES string of the molecule is CCC(C)c1cc(S(N)(=O)=O)ccc1OC. The van der Waals surface area contributed by atoms with Gasteiger partial charge in [-0.25, -0.2) is 13.6 Å². The van der Waals surface area contributed by atoms with Crippen LogP contribution in [0, 0.1) is 0 Å². The van der Waals surface area contributed by atoms with Crippen molar-refractivity contribution in [2.75, 3.05) is 7.11 Å². The normalized spacial score (nSPS) is 13.5. The van der Waals surface area contributed by atoms with E-state index in [0.29, 0.717) is 5.75 Å². The van der Waals surface area contributed by atoms with Crippen molar-refractivity contribution in [2.45, 2.75) is 31.1 Å². The van der Waals surface area contributed by atoms with Crippen molar-refractivity contribution >= 4 is 10.0 Å². The Bertz CT molecular complexity index is 468. The molecule has 0 aliphatic rings. The summed E-state index contributed by atoms with van der Waals surface area (Å²) in [6.07, 6.45) is 0.907. The zero-order valence-corrected chi connectivity index (χ0v) is 10.5. The average molecular weight is 243 g/mol. The average Bonchev–Trinajstić information content (AvgIpc) is 2.25. The molecule has 1 aromatic rings. The first-order valence-corrected chi connectivity index (χ1v) is 6.65. The van der Waals surface area contributed by atoms with E-state index < -0.39 is 10.0 Å². The summed E-state index contributed by atoms with van der Waals surface area (Å²) < 4.78 is 27.7. The highest BCUT2D eigenvalue weighted by Crippen LogP contribution is 2.30. The molecule has 0 aromatic heterocycles. The van der Waals surface area contributed by atoms with E-state index in [1.165, 1.54) is 6.07 Å². The van der Waals surface area contributed by atoms with Crippen LogP contribution in [0.4, 0.5) is 0 Å². The van der Waals surface area contributed by atoms with Gasteiger partial charge in [0.15, 0.2) is 0 Å². The summed E-state index contributed by atoms with van der Waals surface area (Å²) in [6.45, 7) is 4.05. The second-order valence-electron chi connectivity index (χ2n) is 3.76. The second-order valence-corrected chi connectivity index (χ2v) is 5.32. The molecule has 0 spiro atoms. The molecule has 1 unspecified atom stereocenters. The van der Waals surface area contributed by atoms with Crippen LogP contribution in [0.15, 0.2) is 23.1 Å². The van der Waals surface area contributed by atoms with Crippen LogP contribution in [0.25, 0.3) is 0 Å². The Morgan fingerprint density at radius 2 is 2.06 bits per heavy atom. The van der Waals surface area contributed by atoms with E-state index in [4.69, 9.17) is 9.88 Å². The topological polar surface area (TPSA) is 69.4 Å². The Morgan fingerprint density at radius 1 is 1.44 bits per heavy atom. The van der Waals surface area contributed by atoms with Crippen LogP contribution in [0.3, 0.4) is 0 Å². The lowest BCUT2D eigenvalue weighted by Gasteiger charge is -2.14. The zero-order chi connectivity index (χ0) is 12.3. The minimum Gasteiger partial charge on any atom is -0.496 e. The fraction of sp³-hybridized carbons (Fsp3) is 0.455. The summed E-state index contributed by atoms with van der Waals surface area (Å²) in [6, 6.07) is 4.68. The Labute approximate surface area is 96.5 Å². The molecule has 0 fully saturated rings.